The summed E-state index contributed by atoms with van der Waals surface area (Å²) < 4.78 is 4.00. The van der Waals surface area contributed by atoms with Gasteiger partial charge in [0.25, 0.3) is 5.56 Å². The van der Waals surface area contributed by atoms with E-state index < -0.39 is 0 Å². The van der Waals surface area contributed by atoms with Gasteiger partial charge in [-0.25, -0.2) is 0 Å². The number of hydrogen-bond acceptors (Lipinski definition) is 6. The predicted molar refractivity (Wildman–Crippen MR) is 133 cm³/mol. The number of pyridine rings is 1. The number of fused-ring (bicyclic) bond motifs is 1. The second-order valence-corrected chi connectivity index (χ2v) is 11.3. The molecule has 34 heavy (non-hydrogen) atoms. The summed E-state index contributed by atoms with van der Waals surface area (Å²) in [4.78, 5) is 18.6. The van der Waals surface area contributed by atoms with Crippen molar-refractivity contribution in [2.24, 2.45) is 18.9 Å². The van der Waals surface area contributed by atoms with Gasteiger partial charge in [-0.3, -0.25) is 14.6 Å². The Hall–Kier alpha value is -2.81. The molecule has 2 saturated carbocycles. The van der Waals surface area contributed by atoms with Crippen LogP contribution in [0.25, 0.3) is 22.2 Å². The third-order valence-electron chi connectivity index (χ3n) is 8.84. The number of aryl methyl sites for hydroxylation is 1. The van der Waals surface area contributed by atoms with Crippen LogP contribution in [0.15, 0.2) is 17.1 Å². The summed E-state index contributed by atoms with van der Waals surface area (Å²) in [5, 5.41) is 12.7. The highest BCUT2D eigenvalue weighted by atomic mass is 16.1. The van der Waals surface area contributed by atoms with E-state index in [1.807, 2.05) is 22.5 Å². The van der Waals surface area contributed by atoms with Crippen LogP contribution < -0.4 is 16.2 Å². The van der Waals surface area contributed by atoms with Crippen molar-refractivity contribution >= 4 is 22.5 Å². The van der Waals surface area contributed by atoms with Gasteiger partial charge in [-0.1, -0.05) is 0 Å². The van der Waals surface area contributed by atoms with Gasteiger partial charge in [-0.2, -0.15) is 10.2 Å². The molecule has 9 heteroatoms. The van der Waals surface area contributed by atoms with E-state index in [1.54, 1.807) is 0 Å². The van der Waals surface area contributed by atoms with Crippen molar-refractivity contribution in [3.63, 3.8) is 0 Å². The lowest BCUT2D eigenvalue weighted by atomic mass is 9.95. The topological polar surface area (TPSA) is 101 Å². The molecule has 0 radical (unpaired) electrons. The minimum Gasteiger partial charge on any atom is -0.382 e. The minimum absolute atomic E-state index is 0.0163. The molecule has 5 heterocycles. The zero-order valence-corrected chi connectivity index (χ0v) is 20.1. The van der Waals surface area contributed by atoms with Gasteiger partial charge >= 0.3 is 0 Å². The second kappa shape index (κ2) is 7.10. The quantitative estimate of drug-likeness (QED) is 0.605. The first kappa shape index (κ1) is 20.6. The molecule has 1 unspecified atom stereocenters. The number of aromatic amines is 1. The van der Waals surface area contributed by atoms with Crippen LogP contribution in [-0.4, -0.2) is 61.7 Å². The van der Waals surface area contributed by atoms with Gasteiger partial charge in [0, 0.05) is 50.6 Å². The largest absolute Gasteiger partial charge is 0.382 e. The first-order chi connectivity index (χ1) is 16.4. The number of H-pyrrole nitrogens is 1. The molecule has 2 aliphatic carbocycles. The zero-order valence-electron chi connectivity index (χ0n) is 20.1. The maximum Gasteiger partial charge on any atom is 0.264 e. The van der Waals surface area contributed by atoms with Crippen LogP contribution in [0.4, 0.5) is 11.6 Å². The Kier molecular flexibility index (Phi) is 4.29. The predicted octanol–water partition coefficient (Wildman–Crippen LogP) is 2.74. The lowest BCUT2D eigenvalue weighted by Gasteiger charge is -2.36. The van der Waals surface area contributed by atoms with Gasteiger partial charge in [-0.05, 0) is 63.8 Å². The standard InChI is InChI=1S/C25H34N8O/c1-30-11-9-25(14-30)8-3-10-33(25)19-12-18(29-31(19)2)17-13-32(22(15-4-5-15)16-6-7-16)24(34)20-21(17)27-28-23(20)26/h12-13,15-16,22H,3-11,14H2,1-2H3,(H3,26,27,28). The third kappa shape index (κ3) is 2.98. The molecule has 9 nitrogen and oxygen atoms in total. The smallest absolute Gasteiger partial charge is 0.264 e. The molecule has 3 aromatic rings. The van der Waals surface area contributed by atoms with Crippen molar-refractivity contribution < 1.29 is 0 Å². The van der Waals surface area contributed by atoms with Crippen LogP contribution in [0.3, 0.4) is 0 Å². The molecule has 2 aliphatic heterocycles. The highest BCUT2D eigenvalue weighted by molar-refractivity contribution is 5.97. The number of anilines is 2. The van der Waals surface area contributed by atoms with Gasteiger partial charge < -0.3 is 20.1 Å². The Labute approximate surface area is 198 Å². The minimum atomic E-state index is -0.0163. The van der Waals surface area contributed by atoms with E-state index in [2.05, 4.69) is 33.1 Å². The number of nitrogens with two attached hydrogens (primary N) is 1. The highest BCUT2D eigenvalue weighted by Crippen LogP contribution is 2.52. The Balaban J connectivity index is 1.36. The summed E-state index contributed by atoms with van der Waals surface area (Å²) in [6, 6.07) is 2.47. The lowest BCUT2D eigenvalue weighted by Crippen LogP contribution is -2.46. The average molecular weight is 463 g/mol. The van der Waals surface area contributed by atoms with E-state index in [0.717, 1.165) is 36.7 Å². The van der Waals surface area contributed by atoms with E-state index in [0.29, 0.717) is 22.7 Å². The Morgan fingerprint density at radius 3 is 2.59 bits per heavy atom. The first-order valence-electron chi connectivity index (χ1n) is 12.8. The van der Waals surface area contributed by atoms with E-state index in [1.165, 1.54) is 44.9 Å². The van der Waals surface area contributed by atoms with E-state index in [-0.39, 0.29) is 23.0 Å². The summed E-state index contributed by atoms with van der Waals surface area (Å²) in [6.07, 6.45) is 10.5. The molecule has 180 valence electrons. The fourth-order valence-electron chi connectivity index (χ4n) is 6.91. The monoisotopic (exact) mass is 462 g/mol. The number of nitrogen functional groups attached to an aromatic ring is 1. The maximum absolute atomic E-state index is 13.6. The number of likely N-dealkylation sites (tertiary alicyclic amines) is 1. The summed E-state index contributed by atoms with van der Waals surface area (Å²) in [7, 11) is 4.26. The number of aromatic nitrogens is 5. The van der Waals surface area contributed by atoms with Crippen molar-refractivity contribution in [1.29, 1.82) is 0 Å². The van der Waals surface area contributed by atoms with Gasteiger partial charge in [0.15, 0.2) is 5.82 Å². The van der Waals surface area contributed by atoms with Crippen LogP contribution in [-0.2, 0) is 7.05 Å². The molecule has 3 N–H and O–H groups in total. The fourth-order valence-corrected chi connectivity index (χ4v) is 6.91. The van der Waals surface area contributed by atoms with Gasteiger partial charge in [0.2, 0.25) is 0 Å². The molecular weight excluding hydrogens is 428 g/mol. The van der Waals surface area contributed by atoms with Crippen LogP contribution in [0.1, 0.15) is 51.0 Å². The van der Waals surface area contributed by atoms with E-state index in [4.69, 9.17) is 10.8 Å². The zero-order chi connectivity index (χ0) is 23.2. The highest BCUT2D eigenvalue weighted by Gasteiger charge is 2.46. The molecule has 3 aromatic heterocycles. The summed E-state index contributed by atoms with van der Waals surface area (Å²) in [5.74, 6) is 2.64. The normalized spacial score (nSPS) is 25.6. The van der Waals surface area contributed by atoms with Crippen LogP contribution in [0.2, 0.25) is 0 Å². The number of nitrogens with zero attached hydrogens (tertiary/aromatic N) is 6. The van der Waals surface area contributed by atoms with Crippen molar-refractivity contribution in [3.05, 3.63) is 22.6 Å². The molecule has 4 aliphatic rings. The fraction of sp³-hybridized carbons (Fsp3) is 0.640. The van der Waals surface area contributed by atoms with Crippen molar-refractivity contribution in [2.75, 3.05) is 37.3 Å². The number of nitrogens with one attached hydrogen (secondary N) is 1. The SMILES string of the molecule is CN1CCC2(CCCN2c2cc(-c3cn(C(C4CC4)C4CC4)c(=O)c4c(N)n[nH]c34)nn2C)C1. The Bertz CT molecular complexity index is 1320. The van der Waals surface area contributed by atoms with Gasteiger partial charge in [0.1, 0.15) is 11.2 Å². The van der Waals surface area contributed by atoms with Crippen molar-refractivity contribution in [3.8, 4) is 11.3 Å². The Morgan fingerprint density at radius 1 is 1.15 bits per heavy atom. The summed E-state index contributed by atoms with van der Waals surface area (Å²) in [5.41, 5.74) is 8.89. The first-order valence-corrected chi connectivity index (χ1v) is 12.8. The van der Waals surface area contributed by atoms with Crippen LogP contribution >= 0.6 is 0 Å². The summed E-state index contributed by atoms with van der Waals surface area (Å²) in [6.45, 7) is 3.30. The van der Waals surface area contributed by atoms with Gasteiger partial charge in [0.05, 0.1) is 16.7 Å². The maximum atomic E-state index is 13.6. The van der Waals surface area contributed by atoms with E-state index >= 15 is 0 Å². The number of rotatable bonds is 5. The molecule has 1 atom stereocenters. The molecule has 1 spiro atoms. The molecular formula is C25H34N8O. The summed E-state index contributed by atoms with van der Waals surface area (Å²) >= 11 is 0. The third-order valence-corrected chi connectivity index (χ3v) is 8.84. The molecule has 2 saturated heterocycles. The molecule has 4 fully saturated rings. The van der Waals surface area contributed by atoms with Crippen molar-refractivity contribution in [1.82, 2.24) is 29.4 Å². The lowest BCUT2D eigenvalue weighted by molar-refractivity contribution is 0.365. The molecule has 0 aromatic carbocycles. The van der Waals surface area contributed by atoms with Crippen LogP contribution in [0.5, 0.6) is 0 Å². The molecule has 7 rings (SSSR count). The van der Waals surface area contributed by atoms with E-state index in [9.17, 15) is 4.79 Å². The number of likely N-dealkylation sites (N-methyl/N-ethyl adjacent to an activating group) is 1. The van der Waals surface area contributed by atoms with Crippen LogP contribution in [0, 0.1) is 11.8 Å². The number of hydrogen-bond donors (Lipinski definition) is 2. The van der Waals surface area contributed by atoms with Gasteiger partial charge in [-0.15, -0.1) is 0 Å². The Morgan fingerprint density at radius 2 is 1.91 bits per heavy atom. The average Bonchev–Trinajstić information content (AvgIpc) is 3.68. The molecule has 0 bridgehead atoms. The van der Waals surface area contributed by atoms with Crippen molar-refractivity contribution in [2.45, 2.75) is 56.5 Å². The molecule has 0 amide bonds. The second-order valence-electron chi connectivity index (χ2n) is 11.3.